The lowest BCUT2D eigenvalue weighted by atomic mass is 10.2. The molecular weight excluding hydrogens is 386 g/mol. The number of nitrogens with two attached hydrogens (primary N) is 1. The molecule has 0 fully saturated rings. The third kappa shape index (κ3) is 5.01. The summed E-state index contributed by atoms with van der Waals surface area (Å²) in [5.74, 6) is 1.44. The average Bonchev–Trinajstić information content (AvgIpc) is 3.09. The number of benzene rings is 1. The number of nitrogens with zero attached hydrogens (tertiary/aromatic N) is 2. The van der Waals surface area contributed by atoms with Crippen LogP contribution in [-0.2, 0) is 9.47 Å². The first kappa shape index (κ1) is 21.4. The summed E-state index contributed by atoms with van der Waals surface area (Å²) in [6, 6.07) is 10.8. The molecule has 0 bridgehead atoms. The summed E-state index contributed by atoms with van der Waals surface area (Å²) in [6.07, 6.45) is -0.507. The molecule has 0 aliphatic carbocycles. The molecule has 1 aromatic carbocycles. The standard InChI is InChI=1S/C22H27N3O5/c1-6-27-13-28-15-7-10-18-14(11-15)12-19(29-18)16-8-9-17(20(23)24-16)25(5)21(26)30-22(2,3)4/h7-12H,6,13H2,1-5H3,(H2,23,24). The van der Waals surface area contributed by atoms with Crippen LogP contribution in [0.15, 0.2) is 40.8 Å². The zero-order valence-corrected chi connectivity index (χ0v) is 17.9. The Balaban J connectivity index is 1.81. The SMILES string of the molecule is CCOCOc1ccc2oc(-c3ccc(N(C)C(=O)OC(C)(C)C)c(N)n3)cc2c1. The molecule has 2 heterocycles. The second-order valence-electron chi connectivity index (χ2n) is 7.71. The maximum Gasteiger partial charge on any atom is 0.414 e. The van der Waals surface area contributed by atoms with Gasteiger partial charge in [0.25, 0.3) is 0 Å². The van der Waals surface area contributed by atoms with Gasteiger partial charge in [-0.1, -0.05) is 0 Å². The number of carbonyl (C=O) groups excluding carboxylic acids is 1. The van der Waals surface area contributed by atoms with E-state index in [0.717, 1.165) is 5.39 Å². The molecule has 0 atom stereocenters. The molecule has 0 aliphatic heterocycles. The lowest BCUT2D eigenvalue weighted by Crippen LogP contribution is -2.34. The Labute approximate surface area is 175 Å². The maximum absolute atomic E-state index is 12.3. The largest absolute Gasteiger partial charge is 0.468 e. The summed E-state index contributed by atoms with van der Waals surface area (Å²) < 4.78 is 22.0. The lowest BCUT2D eigenvalue weighted by molar-refractivity contribution is 0.0225. The van der Waals surface area contributed by atoms with Crippen molar-refractivity contribution in [3.05, 3.63) is 36.4 Å². The molecule has 8 nitrogen and oxygen atoms in total. The Bertz CT molecular complexity index is 1040. The highest BCUT2D eigenvalue weighted by Crippen LogP contribution is 2.32. The van der Waals surface area contributed by atoms with E-state index < -0.39 is 11.7 Å². The number of amides is 1. The van der Waals surface area contributed by atoms with Crippen molar-refractivity contribution in [3.63, 3.8) is 0 Å². The molecule has 8 heteroatoms. The van der Waals surface area contributed by atoms with Crippen LogP contribution in [0.3, 0.4) is 0 Å². The number of anilines is 2. The quantitative estimate of drug-likeness (QED) is 0.457. The van der Waals surface area contributed by atoms with Crippen LogP contribution in [0.25, 0.3) is 22.4 Å². The molecule has 3 aromatic rings. The average molecular weight is 413 g/mol. The molecular formula is C22H27N3O5. The van der Waals surface area contributed by atoms with Crippen molar-refractivity contribution in [1.82, 2.24) is 4.98 Å². The third-order valence-electron chi connectivity index (χ3n) is 4.18. The summed E-state index contributed by atoms with van der Waals surface area (Å²) in [4.78, 5) is 18.0. The Hall–Kier alpha value is -3.26. The number of fused-ring (bicyclic) bond motifs is 1. The van der Waals surface area contributed by atoms with E-state index in [9.17, 15) is 4.79 Å². The summed E-state index contributed by atoms with van der Waals surface area (Å²) in [5.41, 5.74) is 7.22. The fourth-order valence-electron chi connectivity index (χ4n) is 2.75. The van der Waals surface area contributed by atoms with Crippen molar-refractivity contribution in [1.29, 1.82) is 0 Å². The minimum Gasteiger partial charge on any atom is -0.468 e. The van der Waals surface area contributed by atoms with Gasteiger partial charge in [-0.05, 0) is 64.1 Å². The minimum atomic E-state index is -0.604. The van der Waals surface area contributed by atoms with Crippen LogP contribution in [0.5, 0.6) is 5.75 Å². The van der Waals surface area contributed by atoms with Gasteiger partial charge in [0.1, 0.15) is 28.4 Å². The zero-order chi connectivity index (χ0) is 21.9. The number of rotatable bonds is 6. The highest BCUT2D eigenvalue weighted by Gasteiger charge is 2.22. The smallest absolute Gasteiger partial charge is 0.414 e. The number of carbonyl (C=O) groups is 1. The van der Waals surface area contributed by atoms with Crippen molar-refractivity contribution < 1.29 is 23.4 Å². The van der Waals surface area contributed by atoms with Crippen LogP contribution in [0.4, 0.5) is 16.3 Å². The number of hydrogen-bond acceptors (Lipinski definition) is 7. The van der Waals surface area contributed by atoms with Gasteiger partial charge < -0.3 is 24.4 Å². The van der Waals surface area contributed by atoms with Crippen LogP contribution >= 0.6 is 0 Å². The van der Waals surface area contributed by atoms with Crippen LogP contribution in [0.1, 0.15) is 27.7 Å². The predicted molar refractivity (Wildman–Crippen MR) is 116 cm³/mol. The fourth-order valence-corrected chi connectivity index (χ4v) is 2.75. The van der Waals surface area contributed by atoms with E-state index in [2.05, 4.69) is 4.98 Å². The van der Waals surface area contributed by atoms with Crippen LogP contribution in [0.2, 0.25) is 0 Å². The minimum absolute atomic E-state index is 0.192. The van der Waals surface area contributed by atoms with E-state index in [4.69, 9.17) is 24.4 Å². The van der Waals surface area contributed by atoms with Crippen molar-refractivity contribution in [2.24, 2.45) is 0 Å². The molecule has 160 valence electrons. The number of furan rings is 1. The molecule has 0 saturated heterocycles. The zero-order valence-electron chi connectivity index (χ0n) is 17.9. The first-order valence-corrected chi connectivity index (χ1v) is 9.65. The van der Waals surface area contributed by atoms with E-state index in [1.165, 1.54) is 4.90 Å². The summed E-state index contributed by atoms with van der Waals surface area (Å²) in [5, 5.41) is 0.870. The van der Waals surface area contributed by atoms with Crippen molar-refractivity contribution in [3.8, 4) is 17.2 Å². The first-order chi connectivity index (χ1) is 14.2. The monoisotopic (exact) mass is 413 g/mol. The Morgan fingerprint density at radius 3 is 2.63 bits per heavy atom. The van der Waals surface area contributed by atoms with Gasteiger partial charge in [-0.3, -0.25) is 4.90 Å². The van der Waals surface area contributed by atoms with Crippen LogP contribution in [-0.4, -0.2) is 37.1 Å². The second kappa shape index (κ2) is 8.62. The fraction of sp³-hybridized carbons (Fsp3) is 0.364. The number of pyridine rings is 1. The summed E-state index contributed by atoms with van der Waals surface area (Å²) in [7, 11) is 1.59. The number of aromatic nitrogens is 1. The van der Waals surface area contributed by atoms with Gasteiger partial charge in [-0.2, -0.15) is 0 Å². The molecule has 2 aromatic heterocycles. The second-order valence-corrected chi connectivity index (χ2v) is 7.71. The van der Waals surface area contributed by atoms with Crippen LogP contribution in [0, 0.1) is 0 Å². The summed E-state index contributed by atoms with van der Waals surface area (Å²) in [6.45, 7) is 8.10. The molecule has 0 aliphatic rings. The number of hydrogen-bond donors (Lipinski definition) is 1. The molecule has 2 N–H and O–H groups in total. The van der Waals surface area contributed by atoms with E-state index in [1.54, 1.807) is 40.0 Å². The molecule has 0 saturated carbocycles. The lowest BCUT2D eigenvalue weighted by Gasteiger charge is -2.25. The van der Waals surface area contributed by atoms with Crippen molar-refractivity contribution >= 4 is 28.6 Å². The Morgan fingerprint density at radius 1 is 1.20 bits per heavy atom. The molecule has 30 heavy (non-hydrogen) atoms. The van der Waals surface area contributed by atoms with Gasteiger partial charge in [0.15, 0.2) is 12.6 Å². The van der Waals surface area contributed by atoms with Gasteiger partial charge in [0.05, 0.1) is 5.69 Å². The number of ether oxygens (including phenoxy) is 3. The van der Waals surface area contributed by atoms with E-state index in [1.807, 2.05) is 31.2 Å². The van der Waals surface area contributed by atoms with Gasteiger partial charge in [-0.15, -0.1) is 0 Å². The van der Waals surface area contributed by atoms with E-state index >= 15 is 0 Å². The molecule has 1 amide bonds. The van der Waals surface area contributed by atoms with Gasteiger partial charge >= 0.3 is 6.09 Å². The highest BCUT2D eigenvalue weighted by atomic mass is 16.7. The Morgan fingerprint density at radius 2 is 1.97 bits per heavy atom. The van der Waals surface area contributed by atoms with Gasteiger partial charge in [-0.25, -0.2) is 9.78 Å². The predicted octanol–water partition coefficient (Wildman–Crippen LogP) is 4.82. The van der Waals surface area contributed by atoms with Gasteiger partial charge in [0, 0.05) is 19.0 Å². The van der Waals surface area contributed by atoms with E-state index in [-0.39, 0.29) is 12.6 Å². The van der Waals surface area contributed by atoms with Crippen molar-refractivity contribution in [2.75, 3.05) is 31.1 Å². The molecule has 0 radical (unpaired) electrons. The first-order valence-electron chi connectivity index (χ1n) is 9.65. The van der Waals surface area contributed by atoms with Gasteiger partial charge in [0.2, 0.25) is 0 Å². The normalized spacial score (nSPS) is 11.5. The Kier molecular flexibility index (Phi) is 6.17. The van der Waals surface area contributed by atoms with Crippen LogP contribution < -0.4 is 15.4 Å². The molecule has 3 rings (SSSR count). The molecule has 0 unspecified atom stereocenters. The summed E-state index contributed by atoms with van der Waals surface area (Å²) >= 11 is 0. The third-order valence-corrected chi connectivity index (χ3v) is 4.18. The highest BCUT2D eigenvalue weighted by molar-refractivity contribution is 5.91. The molecule has 0 spiro atoms. The topological polar surface area (TPSA) is 100 Å². The van der Waals surface area contributed by atoms with Crippen molar-refractivity contribution in [2.45, 2.75) is 33.3 Å². The maximum atomic E-state index is 12.3. The number of nitrogen functional groups attached to an aromatic ring is 1. The van der Waals surface area contributed by atoms with E-state index in [0.29, 0.717) is 35.1 Å².